The molecule has 0 amide bonds. The van der Waals surface area contributed by atoms with Crippen LogP contribution in [0.3, 0.4) is 0 Å². The van der Waals surface area contributed by atoms with E-state index < -0.39 is 22.8 Å². The average Bonchev–Trinajstić information content (AvgIpc) is 3.80. The summed E-state index contributed by atoms with van der Waals surface area (Å²) in [6.45, 7) is 13.8. The van der Waals surface area contributed by atoms with Crippen LogP contribution in [0.4, 0.5) is 13.2 Å². The summed E-state index contributed by atoms with van der Waals surface area (Å²) in [7, 11) is 0. The molecule has 1 N–H and O–H groups in total. The van der Waals surface area contributed by atoms with E-state index in [1.54, 1.807) is 56.0 Å². The number of hydrogen-bond acceptors (Lipinski definition) is 11. The quantitative estimate of drug-likeness (QED) is 0.0554. The summed E-state index contributed by atoms with van der Waals surface area (Å²) in [4.78, 5) is 63.4. The van der Waals surface area contributed by atoms with Gasteiger partial charge in [-0.05, 0) is 136 Å². The van der Waals surface area contributed by atoms with Crippen LogP contribution >= 0.6 is 23.2 Å². The summed E-state index contributed by atoms with van der Waals surface area (Å²) >= 11 is 10.7. The number of hydrogen-bond donors (Lipinski definition) is 1. The van der Waals surface area contributed by atoms with Gasteiger partial charge in [-0.2, -0.15) is 0 Å². The summed E-state index contributed by atoms with van der Waals surface area (Å²) in [6, 6.07) is 23.9. The van der Waals surface area contributed by atoms with Crippen LogP contribution < -0.4 is 0 Å². The predicted molar refractivity (Wildman–Crippen MR) is 251 cm³/mol. The van der Waals surface area contributed by atoms with Gasteiger partial charge in [-0.25, -0.2) is 58.0 Å². The lowest BCUT2D eigenvalue weighted by molar-refractivity contribution is 0.0814. The zero-order valence-electron chi connectivity index (χ0n) is 37.4. The number of halogens is 5. The topological polar surface area (TPSA) is 166 Å². The molecule has 8 aromatic rings. The lowest BCUT2D eigenvalue weighted by atomic mass is 9.88. The number of nitrogens with zero attached hydrogens (tertiary/aromatic N) is 9. The van der Waals surface area contributed by atoms with Gasteiger partial charge >= 0.3 is 0 Å². The van der Waals surface area contributed by atoms with Gasteiger partial charge < -0.3 is 4.98 Å². The van der Waals surface area contributed by atoms with Crippen molar-refractivity contribution in [1.82, 2.24) is 49.8 Å². The fourth-order valence-electron chi connectivity index (χ4n) is 5.55. The molecule has 0 aliphatic rings. The molecule has 17 heteroatoms. The Kier molecular flexibility index (Phi) is 17.4. The van der Waals surface area contributed by atoms with Crippen molar-refractivity contribution in [3.63, 3.8) is 0 Å². The summed E-state index contributed by atoms with van der Waals surface area (Å²) in [5.74, 6) is 5.80. The van der Waals surface area contributed by atoms with Crippen molar-refractivity contribution < 1.29 is 22.8 Å². The van der Waals surface area contributed by atoms with E-state index in [0.29, 0.717) is 16.8 Å². The highest BCUT2D eigenvalue weighted by Crippen LogP contribution is 2.28. The van der Waals surface area contributed by atoms with Crippen molar-refractivity contribution >= 4 is 34.8 Å². The molecular formula is C50H43Cl2F3N10O2. The Bertz CT molecular complexity index is 2990. The molecule has 67 heavy (non-hydrogen) atoms. The molecule has 3 aromatic carbocycles. The Balaban J connectivity index is 0.000000174. The third-order valence-corrected chi connectivity index (χ3v) is 9.43. The molecular weight excluding hydrogens is 901 g/mol. The van der Waals surface area contributed by atoms with Gasteiger partial charge in [0.2, 0.25) is 11.1 Å². The lowest BCUT2D eigenvalue weighted by Crippen LogP contribution is -2.22. The summed E-state index contributed by atoms with van der Waals surface area (Å²) in [5.41, 5.74) is 4.51. The maximum Gasteiger partial charge on any atom is 0.251 e. The number of imidazole rings is 1. The first-order valence-corrected chi connectivity index (χ1v) is 21.0. The number of carbonyl (C=O) groups is 2. The molecule has 0 radical (unpaired) electrons. The maximum absolute atomic E-state index is 13.0. The molecule has 340 valence electrons. The van der Waals surface area contributed by atoms with Gasteiger partial charge in [0.25, 0.3) is 5.78 Å². The number of nitrogens with one attached hydrogen (secondary N) is 1. The number of Topliss-reactive ketones (excluding diaryl/α,β-unsaturated/α-hetero) is 2. The second kappa shape index (κ2) is 23.1. The maximum atomic E-state index is 13.0. The second-order valence-electron chi connectivity index (χ2n) is 15.8. The molecule has 0 fully saturated rings. The number of aromatic nitrogens is 10. The van der Waals surface area contributed by atoms with E-state index in [2.05, 4.69) is 82.5 Å². The molecule has 0 unspecified atom stereocenters. The van der Waals surface area contributed by atoms with Crippen molar-refractivity contribution in [2.75, 3.05) is 0 Å². The third-order valence-electron chi connectivity index (χ3n) is 9.03. The fourth-order valence-corrected chi connectivity index (χ4v) is 5.88. The molecule has 0 aliphatic heterocycles. The number of rotatable bonds is 6. The molecule has 0 saturated heterocycles. The molecule has 0 aliphatic carbocycles. The van der Waals surface area contributed by atoms with E-state index in [1.165, 1.54) is 54.9 Å². The van der Waals surface area contributed by atoms with Crippen LogP contribution in [0, 0.1) is 43.1 Å². The summed E-state index contributed by atoms with van der Waals surface area (Å²) in [6.07, 6.45) is 7.99. The fraction of sp³-hybridized carbons (Fsp3) is 0.180. The largest absolute Gasteiger partial charge is 0.343 e. The molecule has 0 bridgehead atoms. The van der Waals surface area contributed by atoms with Gasteiger partial charge in [0.15, 0.2) is 0 Å². The van der Waals surface area contributed by atoms with Crippen LogP contribution in [-0.4, -0.2) is 61.4 Å². The zero-order valence-corrected chi connectivity index (χ0v) is 38.9. The number of aryl methyl sites for hydroxylation is 2. The molecule has 12 nitrogen and oxygen atoms in total. The Morgan fingerprint density at radius 3 is 1.73 bits per heavy atom. The van der Waals surface area contributed by atoms with Gasteiger partial charge in [0.1, 0.15) is 45.8 Å². The molecule has 5 aromatic heterocycles. The van der Waals surface area contributed by atoms with Crippen molar-refractivity contribution in [2.45, 2.75) is 59.3 Å². The standard InChI is InChI=1S/C19H21FN2.C14H11FN4.C13H9FN2O2.C4H2Cl2N2/c1-18(2,3)17-21-13-11-16(22-17)19(4,5)12-10-14-6-8-15(20)9-7-14;1-9-16-7-6-12(19-9)14-13(17-8-18-14)10-2-4-11(15)5-3-10;1-8-15-7-6-11(16-8)13(18)12(17)9-2-4-10(14)5-3-9;5-3-1-2-7-4(6)8-3/h6-9,11,13H,1-5H3;2-8H,1H3,(H,17,18);2-7H,1H3;1-2H. The van der Waals surface area contributed by atoms with Gasteiger partial charge in [0.05, 0.1) is 34.5 Å². The Morgan fingerprint density at radius 1 is 0.597 bits per heavy atom. The van der Waals surface area contributed by atoms with Crippen molar-refractivity contribution in [3.8, 4) is 34.5 Å². The number of carbonyl (C=O) groups excluding carboxylic acids is 2. The van der Waals surface area contributed by atoms with Crippen molar-refractivity contribution in [3.05, 3.63) is 196 Å². The lowest BCUT2D eigenvalue weighted by Gasteiger charge is -2.21. The Hall–Kier alpha value is -7.54. The van der Waals surface area contributed by atoms with Gasteiger partial charge in [-0.3, -0.25) is 9.59 Å². The van der Waals surface area contributed by atoms with Gasteiger partial charge in [-0.15, -0.1) is 0 Å². The summed E-state index contributed by atoms with van der Waals surface area (Å²) < 4.78 is 38.6. The minimum atomic E-state index is -0.730. The van der Waals surface area contributed by atoms with Crippen LogP contribution in [0.15, 0.2) is 128 Å². The number of ketones is 2. The highest BCUT2D eigenvalue weighted by atomic mass is 35.5. The van der Waals surface area contributed by atoms with Crippen LogP contribution in [0.2, 0.25) is 10.4 Å². The van der Waals surface area contributed by atoms with E-state index >= 15 is 0 Å². The van der Waals surface area contributed by atoms with Crippen LogP contribution in [0.1, 0.15) is 84.2 Å². The first-order valence-electron chi connectivity index (χ1n) is 20.3. The SMILES string of the molecule is CC(C)(C)c1nccc(C(C)(C)C#Cc2ccc(F)cc2)n1.Cc1nccc(-c2[nH]cnc2-c2ccc(F)cc2)n1.Cc1nccc(C(=O)C(=O)c2ccc(F)cc2)n1.Clc1ccnc(Cl)n1. The Labute approximate surface area is 395 Å². The van der Waals surface area contributed by atoms with E-state index in [4.69, 9.17) is 23.2 Å². The molecule has 5 heterocycles. The molecule has 0 spiro atoms. The number of H-pyrrole nitrogens is 1. The minimum absolute atomic E-state index is 0.0387. The predicted octanol–water partition coefficient (Wildman–Crippen LogP) is 11.0. The molecule has 0 saturated carbocycles. The smallest absolute Gasteiger partial charge is 0.251 e. The number of aromatic amines is 1. The average molecular weight is 944 g/mol. The number of benzene rings is 3. The third kappa shape index (κ3) is 15.3. The van der Waals surface area contributed by atoms with Gasteiger partial charge in [0, 0.05) is 46.9 Å². The Morgan fingerprint density at radius 2 is 1.16 bits per heavy atom. The van der Waals surface area contributed by atoms with Crippen molar-refractivity contribution in [1.29, 1.82) is 0 Å². The van der Waals surface area contributed by atoms with Gasteiger partial charge in [-0.1, -0.05) is 44.2 Å². The van der Waals surface area contributed by atoms with Crippen molar-refractivity contribution in [2.24, 2.45) is 0 Å². The molecule has 8 rings (SSSR count). The monoisotopic (exact) mass is 942 g/mol. The normalized spacial score (nSPS) is 10.7. The minimum Gasteiger partial charge on any atom is -0.343 e. The van der Waals surface area contributed by atoms with Crippen LogP contribution in [0.25, 0.3) is 22.6 Å². The highest BCUT2D eigenvalue weighted by Gasteiger charge is 2.24. The van der Waals surface area contributed by atoms with Crippen LogP contribution in [0.5, 0.6) is 0 Å². The first kappa shape index (κ1) is 50.5. The van der Waals surface area contributed by atoms with E-state index in [-0.39, 0.29) is 33.6 Å². The summed E-state index contributed by atoms with van der Waals surface area (Å²) in [5, 5.41) is 0.544. The van der Waals surface area contributed by atoms with E-state index in [1.807, 2.05) is 32.9 Å². The van der Waals surface area contributed by atoms with E-state index in [9.17, 15) is 22.8 Å². The zero-order chi connectivity index (χ0) is 48.7. The first-order chi connectivity index (χ1) is 31.8. The van der Waals surface area contributed by atoms with E-state index in [0.717, 1.165) is 51.9 Å². The second-order valence-corrected chi connectivity index (χ2v) is 16.5. The molecule has 0 atom stereocenters. The van der Waals surface area contributed by atoms with Crippen LogP contribution in [-0.2, 0) is 10.8 Å². The highest BCUT2D eigenvalue weighted by molar-refractivity contribution is 6.48.